The summed E-state index contributed by atoms with van der Waals surface area (Å²) in [6, 6.07) is 5.34. The second-order valence-electron chi connectivity index (χ2n) is 7.48. The van der Waals surface area contributed by atoms with Gasteiger partial charge >= 0.3 is 18.4 Å². The molecule has 1 aliphatic rings. The van der Waals surface area contributed by atoms with E-state index in [0.717, 1.165) is 0 Å². The van der Waals surface area contributed by atoms with Crippen LogP contribution in [0.15, 0.2) is 36.4 Å². The van der Waals surface area contributed by atoms with E-state index in [0.29, 0.717) is 47.4 Å². The maximum Gasteiger partial charge on any atom is 0.416 e. The lowest BCUT2D eigenvalue weighted by atomic mass is 10.0. The van der Waals surface area contributed by atoms with Gasteiger partial charge in [-0.2, -0.15) is 26.3 Å². The van der Waals surface area contributed by atoms with Gasteiger partial charge in [0.1, 0.15) is 0 Å². The van der Waals surface area contributed by atoms with Gasteiger partial charge in [-0.3, -0.25) is 0 Å². The third kappa shape index (κ3) is 6.45. The smallest absolute Gasteiger partial charge is 0.338 e. The third-order valence-corrected chi connectivity index (χ3v) is 5.73. The zero-order chi connectivity index (χ0) is 24.4. The molecule has 180 valence electrons. The fraction of sp³-hybridized carbons (Fsp3) is 0.381. The molecule has 0 bridgehead atoms. The van der Waals surface area contributed by atoms with Crippen molar-refractivity contribution < 1.29 is 31.1 Å². The van der Waals surface area contributed by atoms with Crippen LogP contribution in [0, 0.1) is 0 Å². The number of hydrogen-bond acceptors (Lipinski definition) is 2. The molecule has 2 amide bonds. The van der Waals surface area contributed by atoms with E-state index < -0.39 is 35.6 Å². The highest BCUT2D eigenvalue weighted by molar-refractivity contribution is 6.35. The van der Waals surface area contributed by atoms with Crippen LogP contribution in [0.25, 0.3) is 0 Å². The van der Waals surface area contributed by atoms with Gasteiger partial charge in [-0.05, 0) is 47.9 Å². The summed E-state index contributed by atoms with van der Waals surface area (Å²) in [7, 11) is 0. The highest BCUT2D eigenvalue weighted by Gasteiger charge is 2.37. The van der Waals surface area contributed by atoms with Crippen molar-refractivity contribution in [1.82, 2.24) is 15.5 Å². The van der Waals surface area contributed by atoms with Crippen LogP contribution in [0.4, 0.5) is 31.1 Å². The van der Waals surface area contributed by atoms with Crippen molar-refractivity contribution in [1.29, 1.82) is 0 Å². The average molecular weight is 514 g/mol. The number of alkyl halides is 6. The first-order valence-electron chi connectivity index (χ1n) is 9.85. The van der Waals surface area contributed by atoms with Crippen molar-refractivity contribution in [2.75, 3.05) is 26.2 Å². The first-order chi connectivity index (χ1) is 15.4. The number of hydrogen-bond donors (Lipinski definition) is 2. The number of benzene rings is 2. The third-order valence-electron chi connectivity index (χ3n) is 5.16. The summed E-state index contributed by atoms with van der Waals surface area (Å²) >= 11 is 12.2. The van der Waals surface area contributed by atoms with Crippen LogP contribution >= 0.6 is 23.2 Å². The van der Waals surface area contributed by atoms with E-state index in [1.165, 1.54) is 4.90 Å². The fourth-order valence-corrected chi connectivity index (χ4v) is 4.11. The van der Waals surface area contributed by atoms with E-state index in [4.69, 9.17) is 23.2 Å². The number of rotatable bonds is 4. The molecule has 0 spiro atoms. The Morgan fingerprint density at radius 2 is 1.67 bits per heavy atom. The summed E-state index contributed by atoms with van der Waals surface area (Å²) in [6.07, 6.45) is -10.1. The standard InChI is InChI=1S/C21H19Cl2F6N3O/c22-15-1-2-16(17(23)10-15)18-11-30-5-6-32(18)19(33)31-4-3-12-7-13(20(24,25)26)9-14(8-12)21(27,28)29/h1-2,7-10,18,30H,3-6,11H2,(H,31,33). The Morgan fingerprint density at radius 1 is 1.03 bits per heavy atom. The first kappa shape index (κ1) is 25.5. The summed E-state index contributed by atoms with van der Waals surface area (Å²) < 4.78 is 78.1. The average Bonchev–Trinajstić information content (AvgIpc) is 2.72. The Morgan fingerprint density at radius 3 is 2.24 bits per heavy atom. The molecule has 1 atom stereocenters. The largest absolute Gasteiger partial charge is 0.416 e. The van der Waals surface area contributed by atoms with Gasteiger partial charge in [0.2, 0.25) is 0 Å². The molecule has 1 aliphatic heterocycles. The van der Waals surface area contributed by atoms with E-state index >= 15 is 0 Å². The first-order valence-corrected chi connectivity index (χ1v) is 10.6. The molecule has 0 saturated carbocycles. The van der Waals surface area contributed by atoms with Gasteiger partial charge in [0.15, 0.2) is 0 Å². The summed E-state index contributed by atoms with van der Waals surface area (Å²) in [5.41, 5.74) is -2.30. The lowest BCUT2D eigenvalue weighted by Crippen LogP contribution is -2.52. The highest BCUT2D eigenvalue weighted by Crippen LogP contribution is 2.36. The quantitative estimate of drug-likeness (QED) is 0.497. The van der Waals surface area contributed by atoms with E-state index in [9.17, 15) is 31.1 Å². The number of nitrogens with one attached hydrogen (secondary N) is 2. The van der Waals surface area contributed by atoms with Gasteiger partial charge < -0.3 is 15.5 Å². The van der Waals surface area contributed by atoms with Gasteiger partial charge in [-0.15, -0.1) is 0 Å². The van der Waals surface area contributed by atoms with Crippen molar-refractivity contribution in [3.05, 3.63) is 68.7 Å². The van der Waals surface area contributed by atoms with Crippen molar-refractivity contribution >= 4 is 29.2 Å². The number of urea groups is 1. The predicted octanol–water partition coefficient (Wildman–Crippen LogP) is 5.93. The molecular weight excluding hydrogens is 495 g/mol. The molecule has 4 nitrogen and oxygen atoms in total. The number of nitrogens with zero attached hydrogens (tertiary/aromatic N) is 1. The Labute approximate surface area is 195 Å². The molecule has 2 aromatic rings. The van der Waals surface area contributed by atoms with Crippen LogP contribution in [0.5, 0.6) is 0 Å². The molecule has 3 rings (SSSR count). The molecule has 0 aliphatic carbocycles. The van der Waals surface area contributed by atoms with Gasteiger partial charge in [-0.25, -0.2) is 4.79 Å². The Bertz CT molecular complexity index is 980. The summed E-state index contributed by atoms with van der Waals surface area (Å²) in [6.45, 7) is 1.11. The van der Waals surface area contributed by atoms with Crippen LogP contribution in [0.2, 0.25) is 10.0 Å². The second kappa shape index (κ2) is 9.99. The Balaban J connectivity index is 1.71. The minimum atomic E-state index is -4.93. The molecule has 1 heterocycles. The molecule has 12 heteroatoms. The van der Waals surface area contributed by atoms with E-state index in [2.05, 4.69) is 10.6 Å². The van der Waals surface area contributed by atoms with Gasteiger partial charge in [0.05, 0.1) is 17.2 Å². The van der Waals surface area contributed by atoms with Crippen molar-refractivity contribution in [2.45, 2.75) is 24.8 Å². The topological polar surface area (TPSA) is 44.4 Å². The van der Waals surface area contributed by atoms with E-state index in [1.54, 1.807) is 18.2 Å². The number of amides is 2. The van der Waals surface area contributed by atoms with Crippen LogP contribution in [-0.2, 0) is 18.8 Å². The summed E-state index contributed by atoms with van der Waals surface area (Å²) in [5, 5.41) is 6.54. The van der Waals surface area contributed by atoms with Crippen LogP contribution in [0.3, 0.4) is 0 Å². The van der Waals surface area contributed by atoms with Crippen LogP contribution in [-0.4, -0.2) is 37.1 Å². The SMILES string of the molecule is O=C(NCCc1cc(C(F)(F)F)cc(C(F)(F)F)c1)N1CCNCC1c1ccc(Cl)cc1Cl. The van der Waals surface area contributed by atoms with Gasteiger partial charge in [0, 0.05) is 36.2 Å². The molecule has 1 unspecified atom stereocenters. The maximum absolute atomic E-state index is 13.0. The zero-order valence-corrected chi connectivity index (χ0v) is 18.5. The van der Waals surface area contributed by atoms with Crippen LogP contribution < -0.4 is 10.6 Å². The van der Waals surface area contributed by atoms with Gasteiger partial charge in [0.25, 0.3) is 0 Å². The normalized spacial score (nSPS) is 17.2. The monoisotopic (exact) mass is 513 g/mol. The van der Waals surface area contributed by atoms with E-state index in [-0.39, 0.29) is 24.6 Å². The second-order valence-corrected chi connectivity index (χ2v) is 8.32. The predicted molar refractivity (Wildman–Crippen MR) is 112 cm³/mol. The number of carbonyl (C=O) groups excluding carboxylic acids is 1. The van der Waals surface area contributed by atoms with Crippen molar-refractivity contribution in [3.8, 4) is 0 Å². The molecule has 33 heavy (non-hydrogen) atoms. The molecule has 1 saturated heterocycles. The molecule has 0 aromatic heterocycles. The molecule has 0 radical (unpaired) electrons. The number of piperazine rings is 1. The van der Waals surface area contributed by atoms with Crippen molar-refractivity contribution in [2.24, 2.45) is 0 Å². The minimum absolute atomic E-state index is 0.0727. The van der Waals surface area contributed by atoms with Crippen molar-refractivity contribution in [3.63, 3.8) is 0 Å². The maximum atomic E-state index is 13.0. The summed E-state index contributed by atoms with van der Waals surface area (Å²) in [4.78, 5) is 14.3. The molecule has 2 N–H and O–H groups in total. The lowest BCUT2D eigenvalue weighted by Gasteiger charge is -2.37. The Kier molecular flexibility index (Phi) is 7.70. The highest BCUT2D eigenvalue weighted by atomic mass is 35.5. The molecular formula is C21H19Cl2F6N3O. The van der Waals surface area contributed by atoms with Gasteiger partial charge in [-0.1, -0.05) is 29.3 Å². The fourth-order valence-electron chi connectivity index (χ4n) is 3.58. The lowest BCUT2D eigenvalue weighted by molar-refractivity contribution is -0.143. The zero-order valence-electron chi connectivity index (χ0n) is 17.0. The molecule has 1 fully saturated rings. The van der Waals surface area contributed by atoms with E-state index in [1.807, 2.05) is 0 Å². The number of halogens is 8. The minimum Gasteiger partial charge on any atom is -0.338 e. The number of carbonyl (C=O) groups is 1. The Hall–Kier alpha value is -2.17. The molecule has 2 aromatic carbocycles. The summed E-state index contributed by atoms with van der Waals surface area (Å²) in [5.74, 6) is 0. The van der Waals surface area contributed by atoms with Crippen LogP contribution in [0.1, 0.15) is 28.3 Å².